The first-order valence-electron chi connectivity index (χ1n) is 12.5. The fourth-order valence-corrected chi connectivity index (χ4v) is 6.07. The lowest BCUT2D eigenvalue weighted by molar-refractivity contribution is -0.275. The molecule has 4 rings (SSSR count). The molecule has 0 amide bonds. The van der Waals surface area contributed by atoms with Gasteiger partial charge in [0.25, 0.3) is 0 Å². The molecule has 2 aromatic carbocycles. The summed E-state index contributed by atoms with van der Waals surface area (Å²) in [5.41, 5.74) is 2.65. The van der Waals surface area contributed by atoms with Gasteiger partial charge in [-0.05, 0) is 84.6 Å². The summed E-state index contributed by atoms with van der Waals surface area (Å²) in [7, 11) is 0. The van der Waals surface area contributed by atoms with E-state index in [9.17, 15) is 17.6 Å². The fourth-order valence-electron chi connectivity index (χ4n) is 6.07. The topological polar surface area (TPSA) is 9.23 Å². The lowest BCUT2D eigenvalue weighted by Crippen LogP contribution is -2.30. The maximum atomic E-state index is 14.1. The summed E-state index contributed by atoms with van der Waals surface area (Å²) in [6, 6.07) is 11.7. The lowest BCUT2D eigenvalue weighted by atomic mass is 9.63. The molecule has 2 aliphatic carbocycles. The van der Waals surface area contributed by atoms with Crippen molar-refractivity contribution >= 4 is 0 Å². The summed E-state index contributed by atoms with van der Waals surface area (Å²) >= 11 is 0. The van der Waals surface area contributed by atoms with E-state index in [0.29, 0.717) is 11.5 Å². The molecular weight excluding hydrogens is 428 g/mol. The van der Waals surface area contributed by atoms with Crippen molar-refractivity contribution in [1.29, 1.82) is 0 Å². The summed E-state index contributed by atoms with van der Waals surface area (Å²) in [5, 5.41) is 0. The van der Waals surface area contributed by atoms with E-state index < -0.39 is 17.9 Å². The highest BCUT2D eigenvalue weighted by Crippen LogP contribution is 2.48. The number of ether oxygens (including phenoxy) is 1. The molecule has 2 aromatic rings. The highest BCUT2D eigenvalue weighted by molar-refractivity contribution is 5.64. The molecule has 4 atom stereocenters. The van der Waals surface area contributed by atoms with Crippen LogP contribution in [0.1, 0.15) is 82.6 Å². The Hall–Kier alpha value is -2.04. The first-order valence-corrected chi connectivity index (χ1v) is 12.5. The van der Waals surface area contributed by atoms with Crippen LogP contribution in [0, 0.1) is 23.6 Å². The van der Waals surface area contributed by atoms with Crippen LogP contribution in [0.2, 0.25) is 0 Å². The van der Waals surface area contributed by atoms with Crippen molar-refractivity contribution in [2.75, 3.05) is 0 Å². The smallest absolute Gasteiger partial charge is 0.403 e. The van der Waals surface area contributed by atoms with E-state index in [0.717, 1.165) is 35.4 Å². The molecule has 1 unspecified atom stereocenters. The standard InChI is InChI=1S/C28H34F4O/c1-2-3-4-5-19-6-7-24-17-23(13-12-22(24)16-19)20-8-10-21(11-9-20)25-14-15-27(26(29)18-25)33-28(30,31)32/h8-11,14-15,18-19,22-24H,2-7,12-13,16-17H2,1H3/t19?,22-,23-,24-/m1/s1. The Morgan fingerprint density at radius 1 is 0.848 bits per heavy atom. The van der Waals surface area contributed by atoms with E-state index in [1.54, 1.807) is 0 Å². The maximum Gasteiger partial charge on any atom is 0.573 e. The van der Waals surface area contributed by atoms with Gasteiger partial charge in [0.05, 0.1) is 0 Å². The van der Waals surface area contributed by atoms with Gasteiger partial charge >= 0.3 is 6.36 Å². The average molecular weight is 463 g/mol. The SMILES string of the molecule is CCCCCC1CC[C@@H]2C[C@H](c3ccc(-c4ccc(OC(F)(F)F)c(F)c4)cc3)CC[C@@H]2C1. The Labute approximate surface area is 194 Å². The minimum absolute atomic E-state index is 0.540. The number of rotatable bonds is 7. The van der Waals surface area contributed by atoms with Crippen LogP contribution in [0.15, 0.2) is 42.5 Å². The molecule has 0 saturated heterocycles. The fraction of sp³-hybridized carbons (Fsp3) is 0.571. The molecule has 5 heteroatoms. The number of benzene rings is 2. The van der Waals surface area contributed by atoms with E-state index >= 15 is 0 Å². The van der Waals surface area contributed by atoms with Crippen LogP contribution in [0.4, 0.5) is 17.6 Å². The molecule has 0 N–H and O–H groups in total. The lowest BCUT2D eigenvalue weighted by Gasteiger charge is -2.42. The highest BCUT2D eigenvalue weighted by Gasteiger charge is 2.36. The Balaban J connectivity index is 1.35. The predicted molar refractivity (Wildman–Crippen MR) is 124 cm³/mol. The molecule has 2 fully saturated rings. The molecule has 1 nitrogen and oxygen atoms in total. The Bertz CT molecular complexity index is 905. The molecule has 2 saturated carbocycles. The monoisotopic (exact) mass is 462 g/mol. The second-order valence-corrected chi connectivity index (χ2v) is 10.0. The third-order valence-electron chi connectivity index (χ3n) is 7.81. The van der Waals surface area contributed by atoms with Crippen molar-refractivity contribution in [3.05, 3.63) is 53.8 Å². The van der Waals surface area contributed by atoms with Gasteiger partial charge in [-0.25, -0.2) is 4.39 Å². The van der Waals surface area contributed by atoms with Crippen LogP contribution in [0.25, 0.3) is 11.1 Å². The molecule has 180 valence electrons. The maximum absolute atomic E-state index is 14.1. The van der Waals surface area contributed by atoms with Gasteiger partial charge in [0.1, 0.15) is 0 Å². The summed E-state index contributed by atoms with van der Waals surface area (Å²) in [6.07, 6.45) is 8.50. The van der Waals surface area contributed by atoms with Crippen LogP contribution < -0.4 is 4.74 Å². The van der Waals surface area contributed by atoms with Gasteiger partial charge in [0, 0.05) is 0 Å². The third-order valence-corrected chi connectivity index (χ3v) is 7.81. The number of hydrogen-bond acceptors (Lipinski definition) is 1. The van der Waals surface area contributed by atoms with E-state index in [1.165, 1.54) is 75.8 Å². The van der Waals surface area contributed by atoms with Crippen molar-refractivity contribution in [3.63, 3.8) is 0 Å². The van der Waals surface area contributed by atoms with Gasteiger partial charge in [-0.2, -0.15) is 0 Å². The minimum Gasteiger partial charge on any atom is -0.403 e. The first kappa shape index (κ1) is 24.1. The van der Waals surface area contributed by atoms with E-state index in [4.69, 9.17) is 0 Å². The largest absolute Gasteiger partial charge is 0.573 e. The molecule has 33 heavy (non-hydrogen) atoms. The highest BCUT2D eigenvalue weighted by atomic mass is 19.4. The Morgan fingerprint density at radius 3 is 2.24 bits per heavy atom. The van der Waals surface area contributed by atoms with Crippen LogP contribution in [-0.2, 0) is 0 Å². The number of halogens is 4. The van der Waals surface area contributed by atoms with Gasteiger partial charge in [0.15, 0.2) is 11.6 Å². The summed E-state index contributed by atoms with van der Waals surface area (Å²) < 4.78 is 54.9. The minimum atomic E-state index is -4.91. The number of unbranched alkanes of at least 4 members (excludes halogenated alkanes) is 2. The predicted octanol–water partition coefficient (Wildman–Crippen LogP) is 9.27. The zero-order valence-corrected chi connectivity index (χ0v) is 19.3. The Morgan fingerprint density at radius 2 is 1.55 bits per heavy atom. The van der Waals surface area contributed by atoms with E-state index in [1.807, 2.05) is 12.1 Å². The average Bonchev–Trinajstić information content (AvgIpc) is 2.79. The normalized spacial score (nSPS) is 25.5. The van der Waals surface area contributed by atoms with Crippen molar-refractivity contribution in [2.45, 2.75) is 83.4 Å². The first-order chi connectivity index (χ1) is 15.8. The molecule has 0 aliphatic heterocycles. The number of fused-ring (bicyclic) bond motifs is 1. The van der Waals surface area contributed by atoms with Crippen LogP contribution in [-0.4, -0.2) is 6.36 Å². The second kappa shape index (κ2) is 10.5. The molecule has 0 heterocycles. The van der Waals surface area contributed by atoms with E-state index in [-0.39, 0.29) is 0 Å². The van der Waals surface area contributed by atoms with Crippen LogP contribution >= 0.6 is 0 Å². The van der Waals surface area contributed by atoms with Gasteiger partial charge in [0.2, 0.25) is 0 Å². The zero-order chi connectivity index (χ0) is 23.4. The Kier molecular flexibility index (Phi) is 7.65. The van der Waals surface area contributed by atoms with Gasteiger partial charge in [-0.15, -0.1) is 13.2 Å². The van der Waals surface area contributed by atoms with Crippen LogP contribution in [0.3, 0.4) is 0 Å². The quantitative estimate of drug-likeness (QED) is 0.294. The van der Waals surface area contributed by atoms with Crippen molar-refractivity contribution < 1.29 is 22.3 Å². The van der Waals surface area contributed by atoms with Gasteiger partial charge in [-0.3, -0.25) is 0 Å². The van der Waals surface area contributed by atoms with E-state index in [2.05, 4.69) is 23.8 Å². The molecule has 0 bridgehead atoms. The number of alkyl halides is 3. The summed E-state index contributed by atoms with van der Waals surface area (Å²) in [4.78, 5) is 0. The zero-order valence-electron chi connectivity index (χ0n) is 19.3. The second-order valence-electron chi connectivity index (χ2n) is 10.0. The molecule has 0 aromatic heterocycles. The van der Waals surface area contributed by atoms with Crippen molar-refractivity contribution in [1.82, 2.24) is 0 Å². The third kappa shape index (κ3) is 6.30. The van der Waals surface area contributed by atoms with Crippen LogP contribution in [0.5, 0.6) is 5.75 Å². The summed E-state index contributed by atoms with van der Waals surface area (Å²) in [6.45, 7) is 2.27. The van der Waals surface area contributed by atoms with Gasteiger partial charge in [-0.1, -0.05) is 69.4 Å². The molecule has 0 radical (unpaired) electrons. The summed E-state index contributed by atoms with van der Waals surface area (Å²) in [5.74, 6) is 1.40. The molecular formula is C28H34F4O. The number of hydrogen-bond donors (Lipinski definition) is 0. The van der Waals surface area contributed by atoms with Crippen molar-refractivity contribution in [2.24, 2.45) is 17.8 Å². The molecule has 0 spiro atoms. The molecule has 2 aliphatic rings. The van der Waals surface area contributed by atoms with Crippen molar-refractivity contribution in [3.8, 4) is 16.9 Å². The van der Waals surface area contributed by atoms with Gasteiger partial charge < -0.3 is 4.74 Å².